The van der Waals surface area contributed by atoms with Gasteiger partial charge in [-0.15, -0.1) is 0 Å². The Morgan fingerprint density at radius 2 is 2.08 bits per heavy atom. The largest absolute Gasteiger partial charge is 0.393 e. The number of imidazole rings is 1. The molecule has 2 heterocycles. The number of alkyl halides is 1. The van der Waals surface area contributed by atoms with Crippen LogP contribution in [0.4, 0.5) is 8.78 Å². The summed E-state index contributed by atoms with van der Waals surface area (Å²) in [4.78, 5) is 4.20. The molecule has 1 atom stereocenters. The van der Waals surface area contributed by atoms with Crippen molar-refractivity contribution in [3.8, 4) is 11.3 Å². The van der Waals surface area contributed by atoms with Gasteiger partial charge in [0.15, 0.2) is 0 Å². The molecule has 24 heavy (non-hydrogen) atoms. The molecule has 4 rings (SSSR count). The Bertz CT molecular complexity index is 763. The first-order valence-corrected chi connectivity index (χ1v) is 8.67. The second-order valence-corrected chi connectivity index (χ2v) is 7.28. The molecule has 1 fully saturated rings. The number of aromatic nitrogens is 2. The zero-order valence-electron chi connectivity index (χ0n) is 13.8. The lowest BCUT2D eigenvalue weighted by atomic mass is 9.80. The number of rotatable bonds is 3. The molecule has 0 bridgehead atoms. The molecular weight excluding hydrogens is 310 g/mol. The molecule has 1 aromatic carbocycles. The topological polar surface area (TPSA) is 38.0 Å². The van der Waals surface area contributed by atoms with E-state index in [1.165, 1.54) is 6.07 Å². The highest BCUT2D eigenvalue weighted by atomic mass is 19.1. The molecular formula is C19H22F2N2O. The van der Waals surface area contributed by atoms with Gasteiger partial charge in [0.05, 0.1) is 30.4 Å². The van der Waals surface area contributed by atoms with Crippen molar-refractivity contribution in [1.29, 1.82) is 0 Å². The van der Waals surface area contributed by atoms with Crippen LogP contribution in [0.5, 0.6) is 0 Å². The minimum absolute atomic E-state index is 0.197. The number of nitrogens with zero attached hydrogens (tertiary/aromatic N) is 2. The molecule has 0 amide bonds. The molecule has 1 N–H and O–H groups in total. The normalized spacial score (nSPS) is 28.7. The maximum Gasteiger partial charge on any atom is 0.129 e. The van der Waals surface area contributed by atoms with E-state index in [1.807, 2.05) is 11.5 Å². The maximum absolute atomic E-state index is 15.0. The third-order valence-corrected chi connectivity index (χ3v) is 5.71. The average Bonchev–Trinajstić information content (AvgIpc) is 3.13. The highest BCUT2D eigenvalue weighted by molar-refractivity contribution is 5.72. The summed E-state index contributed by atoms with van der Waals surface area (Å²) in [5.41, 5.74) is 2.27. The summed E-state index contributed by atoms with van der Waals surface area (Å²) in [7, 11) is 0. The molecule has 1 aliphatic heterocycles. The number of benzene rings is 1. The van der Waals surface area contributed by atoms with Gasteiger partial charge in [0.1, 0.15) is 11.5 Å². The third-order valence-electron chi connectivity index (χ3n) is 5.71. The first-order valence-electron chi connectivity index (χ1n) is 8.67. The van der Waals surface area contributed by atoms with Crippen LogP contribution in [0.1, 0.15) is 55.7 Å². The lowest BCUT2D eigenvalue weighted by Gasteiger charge is -2.33. The van der Waals surface area contributed by atoms with E-state index in [1.54, 1.807) is 18.6 Å². The molecule has 0 radical (unpaired) electrons. The zero-order valence-corrected chi connectivity index (χ0v) is 13.8. The number of fused-ring (bicyclic) bond motifs is 3. The molecule has 2 aromatic rings. The van der Waals surface area contributed by atoms with Crippen LogP contribution in [0.15, 0.2) is 24.7 Å². The Kier molecular flexibility index (Phi) is 3.71. The van der Waals surface area contributed by atoms with E-state index in [0.29, 0.717) is 44.1 Å². The second kappa shape index (κ2) is 5.66. The monoisotopic (exact) mass is 332 g/mol. The first kappa shape index (κ1) is 15.8. The van der Waals surface area contributed by atoms with Crippen molar-refractivity contribution < 1.29 is 13.9 Å². The molecule has 0 spiro atoms. The highest BCUT2D eigenvalue weighted by Crippen LogP contribution is 2.46. The molecule has 1 aliphatic carbocycles. The van der Waals surface area contributed by atoms with Crippen LogP contribution < -0.4 is 0 Å². The number of aliphatic hydroxyl groups is 1. The second-order valence-electron chi connectivity index (χ2n) is 7.28. The van der Waals surface area contributed by atoms with E-state index in [-0.39, 0.29) is 18.0 Å². The third kappa shape index (κ3) is 2.46. The van der Waals surface area contributed by atoms with Gasteiger partial charge in [0.2, 0.25) is 0 Å². The maximum atomic E-state index is 15.0. The number of aliphatic hydroxyl groups excluding tert-OH is 1. The van der Waals surface area contributed by atoms with Crippen LogP contribution >= 0.6 is 0 Å². The predicted octanol–water partition coefficient (Wildman–Crippen LogP) is 4.32. The van der Waals surface area contributed by atoms with Crippen LogP contribution in [0, 0.1) is 12.7 Å². The van der Waals surface area contributed by atoms with Gasteiger partial charge in [0.25, 0.3) is 0 Å². The van der Waals surface area contributed by atoms with Crippen molar-refractivity contribution in [1.82, 2.24) is 9.55 Å². The van der Waals surface area contributed by atoms with E-state index in [4.69, 9.17) is 0 Å². The number of halogens is 2. The Morgan fingerprint density at radius 1 is 1.33 bits per heavy atom. The van der Waals surface area contributed by atoms with Crippen molar-refractivity contribution in [2.75, 3.05) is 0 Å². The quantitative estimate of drug-likeness (QED) is 0.909. The van der Waals surface area contributed by atoms with Gasteiger partial charge in [-0.25, -0.2) is 13.8 Å². The Morgan fingerprint density at radius 3 is 2.83 bits per heavy atom. The molecule has 1 unspecified atom stereocenters. The van der Waals surface area contributed by atoms with E-state index in [9.17, 15) is 9.50 Å². The van der Waals surface area contributed by atoms with Crippen molar-refractivity contribution in [3.63, 3.8) is 0 Å². The first-order chi connectivity index (χ1) is 11.5. The average molecular weight is 332 g/mol. The van der Waals surface area contributed by atoms with E-state index < -0.39 is 5.67 Å². The summed E-state index contributed by atoms with van der Waals surface area (Å²) in [6.45, 7) is 1.97. The van der Waals surface area contributed by atoms with Crippen LogP contribution in [-0.4, -0.2) is 26.4 Å². The fourth-order valence-electron chi connectivity index (χ4n) is 4.30. The van der Waals surface area contributed by atoms with E-state index in [0.717, 1.165) is 16.8 Å². The van der Waals surface area contributed by atoms with Crippen molar-refractivity contribution in [3.05, 3.63) is 41.6 Å². The molecule has 1 saturated carbocycles. The summed E-state index contributed by atoms with van der Waals surface area (Å²) < 4.78 is 31.5. The SMILES string of the molecule is Cc1ccc(F)c2c1-c1cncn1C2CCC1(F)CCC(O)CC1. The zero-order chi connectivity index (χ0) is 16.9. The van der Waals surface area contributed by atoms with Gasteiger partial charge in [-0.05, 0) is 57.1 Å². The lowest BCUT2D eigenvalue weighted by Crippen LogP contribution is -2.32. The Labute approximate surface area is 140 Å². The summed E-state index contributed by atoms with van der Waals surface area (Å²) in [6.07, 6.45) is 5.84. The molecule has 1 aromatic heterocycles. The Hall–Kier alpha value is -1.75. The summed E-state index contributed by atoms with van der Waals surface area (Å²) >= 11 is 0. The minimum Gasteiger partial charge on any atom is -0.393 e. The van der Waals surface area contributed by atoms with Crippen LogP contribution in [-0.2, 0) is 0 Å². The van der Waals surface area contributed by atoms with Crippen molar-refractivity contribution >= 4 is 0 Å². The Balaban J connectivity index is 1.62. The summed E-state index contributed by atoms with van der Waals surface area (Å²) in [5, 5.41) is 9.59. The number of hydrogen-bond acceptors (Lipinski definition) is 2. The van der Waals surface area contributed by atoms with Crippen molar-refractivity contribution in [2.24, 2.45) is 0 Å². The molecule has 2 aliphatic rings. The van der Waals surface area contributed by atoms with Crippen LogP contribution in [0.3, 0.4) is 0 Å². The fraction of sp³-hybridized carbons (Fsp3) is 0.526. The van der Waals surface area contributed by atoms with Gasteiger partial charge in [-0.3, -0.25) is 0 Å². The fourth-order valence-corrected chi connectivity index (χ4v) is 4.30. The highest BCUT2D eigenvalue weighted by Gasteiger charge is 2.38. The lowest BCUT2D eigenvalue weighted by molar-refractivity contribution is 0.0252. The van der Waals surface area contributed by atoms with Gasteiger partial charge >= 0.3 is 0 Å². The predicted molar refractivity (Wildman–Crippen MR) is 88.0 cm³/mol. The van der Waals surface area contributed by atoms with Gasteiger partial charge in [0, 0.05) is 11.1 Å². The van der Waals surface area contributed by atoms with Crippen molar-refractivity contribution in [2.45, 2.75) is 63.3 Å². The molecule has 3 nitrogen and oxygen atoms in total. The number of aryl methyl sites for hydroxylation is 1. The van der Waals surface area contributed by atoms with Gasteiger partial charge < -0.3 is 9.67 Å². The molecule has 5 heteroatoms. The van der Waals surface area contributed by atoms with Gasteiger partial charge in [-0.1, -0.05) is 6.07 Å². The summed E-state index contributed by atoms with van der Waals surface area (Å²) in [6, 6.07) is 3.09. The molecule has 128 valence electrons. The smallest absolute Gasteiger partial charge is 0.129 e. The van der Waals surface area contributed by atoms with Crippen LogP contribution in [0.25, 0.3) is 11.3 Å². The van der Waals surface area contributed by atoms with Gasteiger partial charge in [-0.2, -0.15) is 0 Å². The minimum atomic E-state index is -1.25. The number of hydrogen-bond donors (Lipinski definition) is 1. The van der Waals surface area contributed by atoms with E-state index in [2.05, 4.69) is 4.98 Å². The van der Waals surface area contributed by atoms with E-state index >= 15 is 4.39 Å². The van der Waals surface area contributed by atoms with Crippen LogP contribution in [0.2, 0.25) is 0 Å². The molecule has 0 saturated heterocycles. The standard InChI is InChI=1S/C19H22F2N2O/c1-12-2-3-14(20)18-15(23-11-22-10-16(23)17(12)18)6-9-19(21)7-4-13(24)5-8-19/h2-3,10-11,13,15,24H,4-9H2,1H3. The summed E-state index contributed by atoms with van der Waals surface area (Å²) in [5.74, 6) is -0.226.